The van der Waals surface area contributed by atoms with Gasteiger partial charge in [0.05, 0.1) is 12.4 Å². The number of H-pyrrole nitrogens is 1. The number of nitrogens with zero attached hydrogens (tertiary/aromatic N) is 3. The number of aliphatic carboxylic acids is 1. The minimum absolute atomic E-state index is 0.0370. The number of carboxylic acid groups (broad SMARTS) is 1. The number of aliphatic hydroxyl groups excluding tert-OH is 2. The molecule has 148 valence electrons. The lowest BCUT2D eigenvalue weighted by Gasteiger charge is -2.16. The molecule has 0 amide bonds. The molecule has 5 atom stereocenters. The third-order valence-corrected chi connectivity index (χ3v) is 5.32. The van der Waals surface area contributed by atoms with E-state index in [1.165, 1.54) is 22.7 Å². The molecular formula is C14H20N6O6S. The Morgan fingerprint density at radius 2 is 2.19 bits per heavy atom. The van der Waals surface area contributed by atoms with Crippen molar-refractivity contribution < 1.29 is 24.9 Å². The topological polar surface area (TPSA) is 203 Å². The van der Waals surface area contributed by atoms with Gasteiger partial charge < -0.3 is 31.5 Å². The monoisotopic (exact) mass is 400 g/mol. The van der Waals surface area contributed by atoms with Gasteiger partial charge in [0.2, 0.25) is 5.95 Å². The number of ether oxygens (including phenoxy) is 1. The molecule has 0 saturated carbocycles. The van der Waals surface area contributed by atoms with Gasteiger partial charge in [0.25, 0.3) is 5.56 Å². The molecule has 1 aliphatic rings. The van der Waals surface area contributed by atoms with Gasteiger partial charge in [0, 0.05) is 5.75 Å². The molecule has 2 aromatic rings. The number of nitrogens with two attached hydrogens (primary N) is 2. The van der Waals surface area contributed by atoms with E-state index in [1.54, 1.807) is 0 Å². The Bertz CT molecular complexity index is 887. The van der Waals surface area contributed by atoms with E-state index in [0.717, 1.165) is 0 Å². The van der Waals surface area contributed by atoms with Crippen LogP contribution in [0.2, 0.25) is 0 Å². The van der Waals surface area contributed by atoms with Gasteiger partial charge in [-0.3, -0.25) is 19.1 Å². The Balaban J connectivity index is 1.68. The van der Waals surface area contributed by atoms with Crippen molar-refractivity contribution in [2.75, 3.05) is 17.2 Å². The second-order valence-electron chi connectivity index (χ2n) is 6.13. The molecule has 1 unspecified atom stereocenters. The van der Waals surface area contributed by atoms with Gasteiger partial charge >= 0.3 is 5.97 Å². The quantitative estimate of drug-likeness (QED) is 0.277. The summed E-state index contributed by atoms with van der Waals surface area (Å²) >= 11 is 1.35. The second kappa shape index (κ2) is 7.82. The van der Waals surface area contributed by atoms with E-state index >= 15 is 0 Å². The molecular weight excluding hydrogens is 380 g/mol. The largest absolute Gasteiger partial charge is 0.480 e. The van der Waals surface area contributed by atoms with Crippen LogP contribution >= 0.6 is 11.8 Å². The van der Waals surface area contributed by atoms with Crippen molar-refractivity contribution in [2.45, 2.75) is 37.0 Å². The summed E-state index contributed by atoms with van der Waals surface area (Å²) in [5.74, 6) is -0.396. The molecule has 0 spiro atoms. The van der Waals surface area contributed by atoms with E-state index in [9.17, 15) is 19.8 Å². The molecule has 2 aromatic heterocycles. The number of fused-ring (bicyclic) bond motifs is 1. The van der Waals surface area contributed by atoms with Crippen LogP contribution in [0, 0.1) is 0 Å². The van der Waals surface area contributed by atoms with Crippen LogP contribution in [0.25, 0.3) is 11.2 Å². The lowest BCUT2D eigenvalue weighted by Crippen LogP contribution is -2.33. The summed E-state index contributed by atoms with van der Waals surface area (Å²) in [7, 11) is 0. The number of aromatic amines is 1. The van der Waals surface area contributed by atoms with Crippen LogP contribution in [0.1, 0.15) is 12.6 Å². The highest BCUT2D eigenvalue weighted by molar-refractivity contribution is 7.99. The molecule has 0 radical (unpaired) electrons. The number of imidazole rings is 1. The molecule has 1 saturated heterocycles. The molecule has 1 fully saturated rings. The molecule has 12 nitrogen and oxygen atoms in total. The Morgan fingerprint density at radius 1 is 1.44 bits per heavy atom. The number of carbonyl (C=O) groups is 1. The third-order valence-electron chi connectivity index (χ3n) is 4.23. The summed E-state index contributed by atoms with van der Waals surface area (Å²) in [4.78, 5) is 32.8. The SMILES string of the molecule is Nc1nc2c(ncn2[C@@H]2O[C@H](CSCCC(N)C(=O)O)[C@@H](O)[C@H]2O)c(=O)[nH]1. The van der Waals surface area contributed by atoms with Crippen molar-refractivity contribution in [3.05, 3.63) is 16.7 Å². The zero-order chi connectivity index (χ0) is 19.7. The maximum atomic E-state index is 11.9. The van der Waals surface area contributed by atoms with Gasteiger partial charge in [-0.05, 0) is 12.2 Å². The first kappa shape index (κ1) is 19.6. The van der Waals surface area contributed by atoms with Gasteiger partial charge in [-0.25, -0.2) is 4.98 Å². The number of hydrogen-bond donors (Lipinski definition) is 6. The van der Waals surface area contributed by atoms with Gasteiger partial charge in [-0.15, -0.1) is 0 Å². The maximum absolute atomic E-state index is 11.9. The third kappa shape index (κ3) is 3.91. The number of anilines is 1. The number of aliphatic hydroxyl groups is 2. The van der Waals surface area contributed by atoms with Crippen LogP contribution in [-0.2, 0) is 9.53 Å². The van der Waals surface area contributed by atoms with E-state index in [1.807, 2.05) is 0 Å². The van der Waals surface area contributed by atoms with Crippen LogP contribution in [0.15, 0.2) is 11.1 Å². The minimum Gasteiger partial charge on any atom is -0.480 e. The Hall–Kier alpha value is -2.19. The van der Waals surface area contributed by atoms with E-state index in [4.69, 9.17) is 21.3 Å². The highest BCUT2D eigenvalue weighted by atomic mass is 32.2. The van der Waals surface area contributed by atoms with E-state index in [0.29, 0.717) is 11.5 Å². The van der Waals surface area contributed by atoms with Crippen LogP contribution in [0.5, 0.6) is 0 Å². The fourth-order valence-corrected chi connectivity index (χ4v) is 3.85. The number of nitrogen functional groups attached to an aromatic ring is 1. The lowest BCUT2D eigenvalue weighted by atomic mass is 10.1. The molecule has 13 heteroatoms. The Labute approximate surface area is 156 Å². The average Bonchev–Trinajstić information content (AvgIpc) is 3.14. The minimum atomic E-state index is -1.27. The van der Waals surface area contributed by atoms with Crippen molar-refractivity contribution >= 4 is 34.8 Å². The second-order valence-corrected chi connectivity index (χ2v) is 7.28. The van der Waals surface area contributed by atoms with Crippen molar-refractivity contribution in [2.24, 2.45) is 5.73 Å². The number of hydrogen-bond acceptors (Lipinski definition) is 10. The summed E-state index contributed by atoms with van der Waals surface area (Å²) in [6, 6.07) is -0.947. The molecule has 3 rings (SSSR count). The summed E-state index contributed by atoms with van der Waals surface area (Å²) in [5.41, 5.74) is 10.6. The van der Waals surface area contributed by atoms with Gasteiger partial charge in [-0.1, -0.05) is 0 Å². The smallest absolute Gasteiger partial charge is 0.320 e. The highest BCUT2D eigenvalue weighted by Gasteiger charge is 2.44. The molecule has 1 aliphatic heterocycles. The predicted octanol–water partition coefficient (Wildman–Crippen LogP) is -2.14. The zero-order valence-electron chi connectivity index (χ0n) is 14.1. The van der Waals surface area contributed by atoms with Crippen molar-refractivity contribution in [3.63, 3.8) is 0 Å². The first-order valence-corrected chi connectivity index (χ1v) is 9.25. The van der Waals surface area contributed by atoms with Crippen molar-refractivity contribution in [3.8, 4) is 0 Å². The number of rotatable bonds is 7. The molecule has 0 bridgehead atoms. The van der Waals surface area contributed by atoms with Gasteiger partial charge in [0.15, 0.2) is 17.4 Å². The molecule has 3 heterocycles. The summed E-state index contributed by atoms with van der Waals surface area (Å²) in [6.07, 6.45) is -2.58. The van der Waals surface area contributed by atoms with Crippen LogP contribution in [-0.4, -0.2) is 76.7 Å². The first-order valence-electron chi connectivity index (χ1n) is 8.09. The normalized spacial score (nSPS) is 26.5. The lowest BCUT2D eigenvalue weighted by molar-refractivity contribution is -0.138. The number of nitrogens with one attached hydrogen (secondary N) is 1. The number of aromatic nitrogens is 4. The van der Waals surface area contributed by atoms with Crippen molar-refractivity contribution in [1.82, 2.24) is 19.5 Å². The zero-order valence-corrected chi connectivity index (χ0v) is 14.9. The molecule has 0 aromatic carbocycles. The number of carboxylic acids is 1. The Morgan fingerprint density at radius 3 is 2.89 bits per heavy atom. The maximum Gasteiger partial charge on any atom is 0.320 e. The number of thioether (sulfide) groups is 1. The standard InChI is InChI=1S/C14H20N6O6S/c15-5(13(24)25)1-2-27-3-6-8(21)9(22)12(26-6)20-4-17-7-10(20)18-14(16)19-11(7)23/h4-6,8-9,12,21-22H,1-3,15H2,(H,24,25)(H3,16,18,19,23)/t5?,6-,8-,9-,12-/m1/s1. The van der Waals surface area contributed by atoms with Gasteiger partial charge in [0.1, 0.15) is 18.2 Å². The molecule has 8 N–H and O–H groups in total. The fraction of sp³-hybridized carbons (Fsp3) is 0.571. The highest BCUT2D eigenvalue weighted by Crippen LogP contribution is 2.32. The Kier molecular flexibility index (Phi) is 5.67. The first-order chi connectivity index (χ1) is 12.8. The van der Waals surface area contributed by atoms with Crippen molar-refractivity contribution in [1.29, 1.82) is 0 Å². The molecule has 0 aliphatic carbocycles. The summed E-state index contributed by atoms with van der Waals surface area (Å²) in [5, 5.41) is 29.3. The van der Waals surface area contributed by atoms with Crippen LogP contribution in [0.4, 0.5) is 5.95 Å². The van der Waals surface area contributed by atoms with E-state index in [-0.39, 0.29) is 23.5 Å². The van der Waals surface area contributed by atoms with Crippen LogP contribution in [0.3, 0.4) is 0 Å². The fourth-order valence-electron chi connectivity index (χ4n) is 2.76. The summed E-state index contributed by atoms with van der Waals surface area (Å²) < 4.78 is 7.08. The van der Waals surface area contributed by atoms with E-state index in [2.05, 4.69) is 15.0 Å². The van der Waals surface area contributed by atoms with Gasteiger partial charge in [-0.2, -0.15) is 16.7 Å². The average molecular weight is 400 g/mol. The molecule has 27 heavy (non-hydrogen) atoms. The summed E-state index contributed by atoms with van der Waals surface area (Å²) in [6.45, 7) is 0. The van der Waals surface area contributed by atoms with E-state index < -0.39 is 42.1 Å². The van der Waals surface area contributed by atoms with Crippen LogP contribution < -0.4 is 17.0 Å². The predicted molar refractivity (Wildman–Crippen MR) is 96.0 cm³/mol.